The predicted molar refractivity (Wildman–Crippen MR) is 72.6 cm³/mol. The Bertz CT molecular complexity index is 517. The maximum atomic E-state index is 5.70. The molecule has 6 nitrogen and oxygen atoms in total. The van der Waals surface area contributed by atoms with Crippen LogP contribution >= 0.6 is 15.9 Å². The van der Waals surface area contributed by atoms with E-state index < -0.39 is 0 Å². The first-order chi connectivity index (χ1) is 8.69. The Kier molecular flexibility index (Phi) is 4.15. The van der Waals surface area contributed by atoms with Crippen molar-refractivity contribution >= 4 is 15.9 Å². The van der Waals surface area contributed by atoms with E-state index in [1.165, 1.54) is 0 Å². The van der Waals surface area contributed by atoms with Gasteiger partial charge in [-0.05, 0) is 28.4 Å². The monoisotopic (exact) mass is 312 g/mol. The Morgan fingerprint density at radius 2 is 2.28 bits per heavy atom. The van der Waals surface area contributed by atoms with Crippen LogP contribution in [0.25, 0.3) is 0 Å². The first-order valence-electron chi connectivity index (χ1n) is 5.84. The molecule has 0 saturated heterocycles. The molecular weight excluding hydrogens is 296 g/mol. The zero-order valence-corrected chi connectivity index (χ0v) is 12.1. The second-order valence-corrected chi connectivity index (χ2v) is 4.93. The summed E-state index contributed by atoms with van der Waals surface area (Å²) in [5.74, 6) is 5.70. The second-order valence-electron chi connectivity index (χ2n) is 4.08. The van der Waals surface area contributed by atoms with Gasteiger partial charge in [0, 0.05) is 19.8 Å². The van der Waals surface area contributed by atoms with Gasteiger partial charge in [-0.3, -0.25) is 15.2 Å². The Labute approximate surface area is 114 Å². The molecule has 2 rings (SSSR count). The molecule has 1 unspecified atom stereocenters. The minimum absolute atomic E-state index is 0.138. The van der Waals surface area contributed by atoms with Crippen LogP contribution in [-0.4, -0.2) is 19.6 Å². The summed E-state index contributed by atoms with van der Waals surface area (Å²) in [5, 5.41) is 8.54. The van der Waals surface area contributed by atoms with Crippen molar-refractivity contribution in [1.29, 1.82) is 0 Å². The van der Waals surface area contributed by atoms with Crippen molar-refractivity contribution < 1.29 is 0 Å². The van der Waals surface area contributed by atoms with Gasteiger partial charge >= 0.3 is 0 Å². The van der Waals surface area contributed by atoms with Crippen LogP contribution in [0.4, 0.5) is 0 Å². The summed E-state index contributed by atoms with van der Waals surface area (Å²) < 4.78 is 4.71. The van der Waals surface area contributed by atoms with Gasteiger partial charge in [0.1, 0.15) is 6.04 Å². The number of nitrogens with two attached hydrogens (primary N) is 1. The van der Waals surface area contributed by atoms with Gasteiger partial charge in [-0.2, -0.15) is 10.2 Å². The first kappa shape index (κ1) is 13.3. The van der Waals surface area contributed by atoms with Crippen LogP contribution < -0.4 is 11.3 Å². The summed E-state index contributed by atoms with van der Waals surface area (Å²) in [7, 11) is 1.90. The van der Waals surface area contributed by atoms with E-state index in [0.29, 0.717) is 0 Å². The number of nitrogens with one attached hydrogen (secondary N) is 1. The van der Waals surface area contributed by atoms with E-state index in [-0.39, 0.29) is 6.04 Å². The van der Waals surface area contributed by atoms with Gasteiger partial charge < -0.3 is 0 Å². The summed E-state index contributed by atoms with van der Waals surface area (Å²) in [6.07, 6.45) is 4.57. The number of halogens is 1. The van der Waals surface area contributed by atoms with Crippen molar-refractivity contribution in [3.63, 3.8) is 0 Å². The average Bonchev–Trinajstić information content (AvgIpc) is 2.91. The van der Waals surface area contributed by atoms with Crippen molar-refractivity contribution in [2.45, 2.75) is 25.9 Å². The summed E-state index contributed by atoms with van der Waals surface area (Å²) >= 11 is 3.53. The van der Waals surface area contributed by atoms with E-state index in [2.05, 4.69) is 38.5 Å². The number of hydrazine groups is 1. The topological polar surface area (TPSA) is 73.7 Å². The fraction of sp³-hybridized carbons (Fsp3) is 0.455. The zero-order valence-electron chi connectivity index (χ0n) is 10.5. The zero-order chi connectivity index (χ0) is 13.1. The van der Waals surface area contributed by atoms with Gasteiger partial charge in [-0.15, -0.1) is 0 Å². The molecule has 3 N–H and O–H groups in total. The third kappa shape index (κ3) is 2.33. The van der Waals surface area contributed by atoms with E-state index in [4.69, 9.17) is 5.84 Å². The lowest BCUT2D eigenvalue weighted by molar-refractivity contribution is 0.499. The third-order valence-corrected chi connectivity index (χ3v) is 3.47. The molecule has 2 aromatic rings. The normalized spacial score (nSPS) is 12.9. The minimum atomic E-state index is -0.138. The lowest BCUT2D eigenvalue weighted by Gasteiger charge is -2.18. The Morgan fingerprint density at radius 3 is 2.83 bits per heavy atom. The van der Waals surface area contributed by atoms with Crippen LogP contribution in [0.2, 0.25) is 0 Å². The smallest absolute Gasteiger partial charge is 0.106 e. The highest BCUT2D eigenvalue weighted by molar-refractivity contribution is 9.10. The van der Waals surface area contributed by atoms with Crippen molar-refractivity contribution in [2.75, 3.05) is 0 Å². The molecular formula is C11H17BrN6. The molecule has 18 heavy (non-hydrogen) atoms. The summed E-state index contributed by atoms with van der Waals surface area (Å²) in [5.41, 5.74) is 4.85. The molecule has 0 aliphatic heterocycles. The molecule has 0 amide bonds. The number of aryl methyl sites for hydroxylation is 2. The highest BCUT2D eigenvalue weighted by Gasteiger charge is 2.22. The number of aromatic nitrogens is 4. The fourth-order valence-electron chi connectivity index (χ4n) is 2.02. The molecule has 2 heterocycles. The molecule has 0 aliphatic rings. The van der Waals surface area contributed by atoms with E-state index in [1.54, 1.807) is 17.1 Å². The SMILES string of the molecule is CCCn1ncc(Br)c1C(NN)c1ccnn1C. The number of hydrogen-bond donors (Lipinski definition) is 2. The molecule has 0 saturated carbocycles. The third-order valence-electron chi connectivity index (χ3n) is 2.86. The van der Waals surface area contributed by atoms with Crippen LogP contribution in [0, 0.1) is 0 Å². The molecule has 0 bridgehead atoms. The van der Waals surface area contributed by atoms with E-state index >= 15 is 0 Å². The van der Waals surface area contributed by atoms with Crippen molar-refractivity contribution in [2.24, 2.45) is 12.9 Å². The van der Waals surface area contributed by atoms with E-state index in [1.807, 2.05) is 17.8 Å². The van der Waals surface area contributed by atoms with Gasteiger partial charge in [0.2, 0.25) is 0 Å². The standard InChI is InChI=1S/C11H17BrN6/c1-3-6-18-11(8(12)7-15-18)10(16-13)9-4-5-14-17(9)2/h4-5,7,10,16H,3,6,13H2,1-2H3. The molecule has 0 radical (unpaired) electrons. The quantitative estimate of drug-likeness (QED) is 0.645. The van der Waals surface area contributed by atoms with Gasteiger partial charge in [0.15, 0.2) is 0 Å². The van der Waals surface area contributed by atoms with Crippen LogP contribution in [0.15, 0.2) is 22.9 Å². The molecule has 0 spiro atoms. The van der Waals surface area contributed by atoms with Crippen LogP contribution in [0.3, 0.4) is 0 Å². The molecule has 0 aromatic carbocycles. The number of rotatable bonds is 5. The maximum Gasteiger partial charge on any atom is 0.106 e. The predicted octanol–water partition coefficient (Wildman–Crippen LogP) is 1.34. The highest BCUT2D eigenvalue weighted by Crippen LogP contribution is 2.27. The largest absolute Gasteiger partial charge is 0.271 e. The Hall–Kier alpha value is -1.18. The Morgan fingerprint density at radius 1 is 1.50 bits per heavy atom. The minimum Gasteiger partial charge on any atom is -0.271 e. The van der Waals surface area contributed by atoms with Crippen molar-refractivity contribution in [3.8, 4) is 0 Å². The number of hydrogen-bond acceptors (Lipinski definition) is 4. The molecule has 0 fully saturated rings. The van der Waals surface area contributed by atoms with Gasteiger partial charge in [-0.25, -0.2) is 5.43 Å². The summed E-state index contributed by atoms with van der Waals surface area (Å²) in [4.78, 5) is 0. The first-order valence-corrected chi connectivity index (χ1v) is 6.63. The number of nitrogens with zero attached hydrogens (tertiary/aromatic N) is 4. The van der Waals surface area contributed by atoms with Crippen LogP contribution in [0.1, 0.15) is 30.8 Å². The molecule has 2 aromatic heterocycles. The van der Waals surface area contributed by atoms with Crippen LogP contribution in [0.5, 0.6) is 0 Å². The second kappa shape index (κ2) is 5.64. The molecule has 0 aliphatic carbocycles. The van der Waals surface area contributed by atoms with Gasteiger partial charge in [-0.1, -0.05) is 6.92 Å². The van der Waals surface area contributed by atoms with Crippen molar-refractivity contribution in [3.05, 3.63) is 34.3 Å². The fourth-order valence-corrected chi connectivity index (χ4v) is 2.55. The van der Waals surface area contributed by atoms with Gasteiger partial charge in [0.25, 0.3) is 0 Å². The summed E-state index contributed by atoms with van der Waals surface area (Å²) in [6, 6.07) is 1.81. The molecule has 1 atom stereocenters. The maximum absolute atomic E-state index is 5.70. The van der Waals surface area contributed by atoms with E-state index in [9.17, 15) is 0 Å². The van der Waals surface area contributed by atoms with Gasteiger partial charge in [0.05, 0.1) is 22.1 Å². The average molecular weight is 313 g/mol. The highest BCUT2D eigenvalue weighted by atomic mass is 79.9. The summed E-state index contributed by atoms with van der Waals surface area (Å²) in [6.45, 7) is 2.98. The van der Waals surface area contributed by atoms with E-state index in [0.717, 1.165) is 28.8 Å². The molecule has 7 heteroatoms. The van der Waals surface area contributed by atoms with Crippen LogP contribution in [-0.2, 0) is 13.6 Å². The lowest BCUT2D eigenvalue weighted by atomic mass is 10.1. The van der Waals surface area contributed by atoms with Crippen molar-refractivity contribution in [1.82, 2.24) is 25.0 Å². The molecule has 98 valence electrons. The lowest BCUT2D eigenvalue weighted by Crippen LogP contribution is -2.32. The Balaban J connectivity index is 2.45.